The molecule has 0 saturated carbocycles. The monoisotopic (exact) mass is 327 g/mol. The summed E-state index contributed by atoms with van der Waals surface area (Å²) < 4.78 is 5.43. The summed E-state index contributed by atoms with van der Waals surface area (Å²) >= 11 is 5.37. The van der Waals surface area contributed by atoms with Gasteiger partial charge < -0.3 is 14.7 Å². The molecule has 0 amide bonds. The molecule has 0 aromatic heterocycles. The van der Waals surface area contributed by atoms with Crippen LogP contribution in [0.25, 0.3) is 0 Å². The number of oxime groups is 1. The van der Waals surface area contributed by atoms with Crippen LogP contribution in [0.1, 0.15) is 44.9 Å². The van der Waals surface area contributed by atoms with Crippen LogP contribution in [0.5, 0.6) is 0 Å². The molecule has 4 nitrogen and oxygen atoms in total. The Kier molecular flexibility index (Phi) is 7.81. The summed E-state index contributed by atoms with van der Waals surface area (Å²) in [6, 6.07) is 0. The van der Waals surface area contributed by atoms with Gasteiger partial charge in [0.25, 0.3) is 0 Å². The van der Waals surface area contributed by atoms with Gasteiger partial charge in [0, 0.05) is 31.4 Å². The largest absolute Gasteiger partial charge is 0.512 e. The Morgan fingerprint density at radius 3 is 2.82 bits per heavy atom. The van der Waals surface area contributed by atoms with E-state index in [1.807, 2.05) is 0 Å². The lowest BCUT2D eigenvalue weighted by Gasteiger charge is -2.33. The van der Waals surface area contributed by atoms with Crippen molar-refractivity contribution in [3.8, 4) is 0 Å². The van der Waals surface area contributed by atoms with E-state index in [1.54, 1.807) is 12.3 Å². The minimum absolute atomic E-state index is 0.390. The zero-order chi connectivity index (χ0) is 15.6. The fraction of sp³-hybridized carbons (Fsp3) is 0.706. The third-order valence-electron chi connectivity index (χ3n) is 4.60. The van der Waals surface area contributed by atoms with Gasteiger partial charge in [0.15, 0.2) is 0 Å². The smallest absolute Gasteiger partial charge is 0.136 e. The minimum atomic E-state index is 0.390. The lowest BCUT2D eigenvalue weighted by Crippen LogP contribution is -2.26. The first-order valence-corrected chi connectivity index (χ1v) is 8.61. The van der Waals surface area contributed by atoms with Gasteiger partial charge in [-0.25, -0.2) is 0 Å². The number of hydrogen-bond acceptors (Lipinski definition) is 4. The fourth-order valence-corrected chi connectivity index (χ4v) is 3.40. The fourth-order valence-electron chi connectivity index (χ4n) is 3.32. The van der Waals surface area contributed by atoms with Gasteiger partial charge in [-0.05, 0) is 62.0 Å². The Balaban J connectivity index is 1.70. The Morgan fingerprint density at radius 1 is 1.27 bits per heavy atom. The lowest BCUT2D eigenvalue weighted by molar-refractivity contribution is 0.0412. The molecule has 5 heteroatoms. The molecule has 1 aliphatic carbocycles. The minimum Gasteiger partial charge on any atom is -0.512 e. The lowest BCUT2D eigenvalue weighted by atomic mass is 9.76. The van der Waals surface area contributed by atoms with E-state index in [0.29, 0.717) is 18.3 Å². The number of aliphatic hydroxyl groups excluding tert-OH is 1. The van der Waals surface area contributed by atoms with E-state index in [-0.39, 0.29) is 0 Å². The van der Waals surface area contributed by atoms with E-state index in [0.717, 1.165) is 57.7 Å². The van der Waals surface area contributed by atoms with Crippen molar-refractivity contribution in [2.75, 3.05) is 19.8 Å². The van der Waals surface area contributed by atoms with Crippen LogP contribution in [0, 0.1) is 11.8 Å². The van der Waals surface area contributed by atoms with Crippen LogP contribution >= 0.6 is 11.6 Å². The van der Waals surface area contributed by atoms with Crippen LogP contribution in [0.3, 0.4) is 0 Å². The highest BCUT2D eigenvalue weighted by molar-refractivity contribution is 6.25. The number of halogens is 1. The molecular weight excluding hydrogens is 302 g/mol. The molecule has 1 saturated heterocycles. The first-order valence-electron chi connectivity index (χ1n) is 8.18. The van der Waals surface area contributed by atoms with Crippen molar-refractivity contribution >= 4 is 17.8 Å². The molecule has 1 atom stereocenters. The summed E-state index contributed by atoms with van der Waals surface area (Å²) in [4.78, 5) is 4.99. The van der Waals surface area contributed by atoms with E-state index < -0.39 is 0 Å². The number of nitrogens with zero attached hydrogens (tertiary/aromatic N) is 1. The first kappa shape index (κ1) is 17.4. The van der Waals surface area contributed by atoms with Gasteiger partial charge in [-0.3, -0.25) is 0 Å². The Bertz CT molecular complexity index is 414. The van der Waals surface area contributed by atoms with E-state index in [1.165, 1.54) is 17.5 Å². The van der Waals surface area contributed by atoms with Crippen molar-refractivity contribution in [3.05, 3.63) is 22.9 Å². The predicted octanol–water partition coefficient (Wildman–Crippen LogP) is 4.56. The molecule has 1 unspecified atom stereocenters. The number of allylic oxidation sites excluding steroid dienone is 2. The SMILES string of the molecule is OC1=C(CCC=NOC/C=C/Cl)CCC(C2CCOCC2)C1. The van der Waals surface area contributed by atoms with Crippen molar-refractivity contribution in [2.45, 2.75) is 44.9 Å². The zero-order valence-electron chi connectivity index (χ0n) is 13.0. The van der Waals surface area contributed by atoms with E-state index in [4.69, 9.17) is 21.2 Å². The molecule has 2 aliphatic rings. The summed E-state index contributed by atoms with van der Waals surface area (Å²) in [6.45, 7) is 2.16. The molecule has 22 heavy (non-hydrogen) atoms. The molecule has 1 fully saturated rings. The maximum atomic E-state index is 10.3. The molecule has 1 aliphatic heterocycles. The van der Waals surface area contributed by atoms with Crippen LogP contribution in [-0.4, -0.2) is 31.1 Å². The second-order valence-electron chi connectivity index (χ2n) is 5.99. The van der Waals surface area contributed by atoms with Crippen molar-refractivity contribution in [1.29, 1.82) is 0 Å². The molecule has 124 valence electrons. The van der Waals surface area contributed by atoms with Crippen LogP contribution in [0.4, 0.5) is 0 Å². The van der Waals surface area contributed by atoms with E-state index in [9.17, 15) is 5.11 Å². The summed E-state index contributed by atoms with van der Waals surface area (Å²) in [6.07, 6.45) is 10.4. The molecule has 1 heterocycles. The predicted molar refractivity (Wildman–Crippen MR) is 89.2 cm³/mol. The highest BCUT2D eigenvalue weighted by Crippen LogP contribution is 2.38. The molecule has 1 N–H and O–H groups in total. The van der Waals surface area contributed by atoms with Crippen LogP contribution in [0.15, 0.2) is 28.1 Å². The number of hydrogen-bond donors (Lipinski definition) is 1. The van der Waals surface area contributed by atoms with Crippen LogP contribution in [0.2, 0.25) is 0 Å². The van der Waals surface area contributed by atoms with Gasteiger partial charge in [0.05, 0.1) is 5.76 Å². The quantitative estimate of drug-likeness (QED) is 0.423. The van der Waals surface area contributed by atoms with Gasteiger partial charge >= 0.3 is 0 Å². The van der Waals surface area contributed by atoms with Gasteiger partial charge in [0.2, 0.25) is 0 Å². The highest BCUT2D eigenvalue weighted by atomic mass is 35.5. The van der Waals surface area contributed by atoms with Gasteiger partial charge in [-0.15, -0.1) is 0 Å². The maximum Gasteiger partial charge on any atom is 0.136 e. The summed E-state index contributed by atoms with van der Waals surface area (Å²) in [5.74, 6) is 1.97. The first-order chi connectivity index (χ1) is 10.8. The molecule has 0 bridgehead atoms. The standard InChI is InChI=1S/C17H26ClNO3/c18-8-2-10-22-19-9-1-3-15-4-5-16(13-17(15)20)14-6-11-21-12-7-14/h2,8-9,14,16,20H,1,3-7,10-13H2/b8-2+,19-9?. The topological polar surface area (TPSA) is 51.1 Å². The molecule has 0 aromatic rings. The average Bonchev–Trinajstić information content (AvgIpc) is 2.56. The Morgan fingerprint density at radius 2 is 2.09 bits per heavy atom. The molecule has 0 spiro atoms. The Labute approximate surface area is 137 Å². The van der Waals surface area contributed by atoms with Gasteiger partial charge in [-0.2, -0.15) is 0 Å². The van der Waals surface area contributed by atoms with Gasteiger partial charge in [0.1, 0.15) is 6.61 Å². The third-order valence-corrected chi connectivity index (χ3v) is 4.78. The van der Waals surface area contributed by atoms with E-state index in [2.05, 4.69) is 5.16 Å². The average molecular weight is 328 g/mol. The molecule has 2 rings (SSSR count). The Hall–Kier alpha value is -1.00. The van der Waals surface area contributed by atoms with Crippen molar-refractivity contribution in [1.82, 2.24) is 0 Å². The summed E-state index contributed by atoms with van der Waals surface area (Å²) in [5, 5.41) is 14.1. The van der Waals surface area contributed by atoms with Crippen molar-refractivity contribution in [2.24, 2.45) is 17.0 Å². The third kappa shape index (κ3) is 5.65. The molecular formula is C17H26ClNO3. The maximum absolute atomic E-state index is 10.3. The number of aliphatic hydroxyl groups is 1. The van der Waals surface area contributed by atoms with E-state index >= 15 is 0 Å². The summed E-state index contributed by atoms with van der Waals surface area (Å²) in [7, 11) is 0. The highest BCUT2D eigenvalue weighted by Gasteiger charge is 2.28. The zero-order valence-corrected chi connectivity index (χ0v) is 13.8. The summed E-state index contributed by atoms with van der Waals surface area (Å²) in [5.41, 5.74) is 2.60. The van der Waals surface area contributed by atoms with Crippen LogP contribution in [-0.2, 0) is 9.57 Å². The van der Waals surface area contributed by atoms with Crippen molar-refractivity contribution < 1.29 is 14.7 Å². The second kappa shape index (κ2) is 9.90. The number of rotatable bonds is 7. The van der Waals surface area contributed by atoms with Gasteiger partial charge in [-0.1, -0.05) is 16.8 Å². The second-order valence-corrected chi connectivity index (χ2v) is 6.24. The van der Waals surface area contributed by atoms with Crippen LogP contribution < -0.4 is 0 Å². The number of ether oxygens (including phenoxy) is 1. The molecule has 0 aromatic carbocycles. The normalized spacial score (nSPS) is 24.5. The molecule has 0 radical (unpaired) electrons. The van der Waals surface area contributed by atoms with Crippen molar-refractivity contribution in [3.63, 3.8) is 0 Å².